The van der Waals surface area contributed by atoms with Crippen LogP contribution < -0.4 is 10.6 Å². The van der Waals surface area contributed by atoms with Gasteiger partial charge in [0.1, 0.15) is 23.1 Å². The number of hydrogen-bond acceptors (Lipinski definition) is 6. The molecule has 1 aliphatic rings. The molecular formula is C23H24ClFN6O. The number of anilines is 1. The normalized spacial score (nSPS) is 19.3. The van der Waals surface area contributed by atoms with Gasteiger partial charge in [-0.25, -0.2) is 14.2 Å². The molecule has 1 aromatic carbocycles. The smallest absolute Gasteiger partial charge is 0.349 e. The summed E-state index contributed by atoms with van der Waals surface area (Å²) >= 11 is 6.37. The van der Waals surface area contributed by atoms with Gasteiger partial charge >= 0.3 is 5.69 Å². The number of piperazine rings is 1. The molecule has 166 valence electrons. The van der Waals surface area contributed by atoms with E-state index in [2.05, 4.69) is 39.7 Å². The zero-order valence-electron chi connectivity index (χ0n) is 18.4. The first-order valence-corrected chi connectivity index (χ1v) is 10.8. The van der Waals surface area contributed by atoms with Crippen LogP contribution in [0.15, 0.2) is 29.1 Å². The molecule has 9 heteroatoms. The Hall–Kier alpha value is -3.02. The van der Waals surface area contributed by atoms with Crippen molar-refractivity contribution in [3.05, 3.63) is 62.4 Å². The average molecular weight is 455 g/mol. The van der Waals surface area contributed by atoms with E-state index >= 15 is 0 Å². The van der Waals surface area contributed by atoms with Gasteiger partial charge in [0, 0.05) is 43.8 Å². The van der Waals surface area contributed by atoms with Crippen LogP contribution in [0.1, 0.15) is 30.7 Å². The SMILES string of the molecule is Cc1cc(Cl)c(CN2C[C@H](C)N(c3nc(=O)n(C)c4ccc(C#N)nc34)C[C@H]2C)cc1F. The lowest BCUT2D eigenvalue weighted by Crippen LogP contribution is -2.56. The molecule has 0 unspecified atom stereocenters. The lowest BCUT2D eigenvalue weighted by atomic mass is 10.1. The second-order valence-corrected chi connectivity index (χ2v) is 8.83. The van der Waals surface area contributed by atoms with E-state index in [1.165, 1.54) is 10.6 Å². The summed E-state index contributed by atoms with van der Waals surface area (Å²) in [4.78, 5) is 25.6. The van der Waals surface area contributed by atoms with Gasteiger partial charge in [-0.2, -0.15) is 10.2 Å². The number of aromatic nitrogens is 3. The van der Waals surface area contributed by atoms with Crippen molar-refractivity contribution in [1.82, 2.24) is 19.4 Å². The van der Waals surface area contributed by atoms with E-state index in [0.717, 1.165) is 5.56 Å². The monoisotopic (exact) mass is 454 g/mol. The Morgan fingerprint density at radius 2 is 1.97 bits per heavy atom. The molecule has 0 saturated carbocycles. The number of halogens is 2. The minimum absolute atomic E-state index is 0.00983. The van der Waals surface area contributed by atoms with Crippen molar-refractivity contribution in [3.8, 4) is 6.07 Å². The third-order valence-corrected chi connectivity index (χ3v) is 6.49. The van der Waals surface area contributed by atoms with Gasteiger partial charge in [0.05, 0.1) is 5.52 Å². The topological polar surface area (TPSA) is 78.0 Å². The molecule has 7 nitrogen and oxygen atoms in total. The Bertz CT molecular complexity index is 1300. The van der Waals surface area contributed by atoms with Crippen molar-refractivity contribution in [2.75, 3.05) is 18.0 Å². The highest BCUT2D eigenvalue weighted by Crippen LogP contribution is 2.29. The highest BCUT2D eigenvalue weighted by atomic mass is 35.5. The van der Waals surface area contributed by atoms with Gasteiger partial charge in [0.2, 0.25) is 0 Å². The quantitative estimate of drug-likeness (QED) is 0.603. The van der Waals surface area contributed by atoms with E-state index < -0.39 is 0 Å². The van der Waals surface area contributed by atoms with Gasteiger partial charge in [0.25, 0.3) is 0 Å². The predicted molar refractivity (Wildman–Crippen MR) is 122 cm³/mol. The molecule has 0 spiro atoms. The van der Waals surface area contributed by atoms with Crippen LogP contribution in [-0.4, -0.2) is 44.6 Å². The maximum absolute atomic E-state index is 14.1. The molecule has 0 radical (unpaired) electrons. The van der Waals surface area contributed by atoms with Gasteiger partial charge in [-0.05, 0) is 56.2 Å². The van der Waals surface area contributed by atoms with Crippen LogP contribution in [0.2, 0.25) is 5.02 Å². The van der Waals surface area contributed by atoms with E-state index in [4.69, 9.17) is 11.6 Å². The Labute approximate surface area is 190 Å². The Kier molecular flexibility index (Phi) is 5.89. The summed E-state index contributed by atoms with van der Waals surface area (Å²) in [5.41, 5.74) is 2.33. The van der Waals surface area contributed by atoms with Crippen molar-refractivity contribution in [2.45, 2.75) is 39.4 Å². The number of pyridine rings is 1. The Balaban J connectivity index is 1.67. The van der Waals surface area contributed by atoms with Crippen molar-refractivity contribution in [3.63, 3.8) is 0 Å². The number of nitrogens with zero attached hydrogens (tertiary/aromatic N) is 6. The summed E-state index contributed by atoms with van der Waals surface area (Å²) in [6.07, 6.45) is 0. The molecule has 0 amide bonds. The third-order valence-electron chi connectivity index (χ3n) is 6.14. The largest absolute Gasteiger partial charge is 0.349 e. The summed E-state index contributed by atoms with van der Waals surface area (Å²) in [6.45, 7) is 7.62. The maximum Gasteiger partial charge on any atom is 0.349 e. The first-order valence-electron chi connectivity index (χ1n) is 10.4. The van der Waals surface area contributed by atoms with Crippen LogP contribution in [-0.2, 0) is 13.6 Å². The van der Waals surface area contributed by atoms with Gasteiger partial charge in [-0.15, -0.1) is 0 Å². The molecule has 1 saturated heterocycles. The zero-order chi connectivity index (χ0) is 23.2. The summed E-state index contributed by atoms with van der Waals surface area (Å²) in [5.74, 6) is 0.220. The van der Waals surface area contributed by atoms with Crippen LogP contribution in [0.3, 0.4) is 0 Å². The second-order valence-electron chi connectivity index (χ2n) is 8.43. The molecular weight excluding hydrogens is 431 g/mol. The van der Waals surface area contributed by atoms with Crippen LogP contribution in [0, 0.1) is 24.1 Å². The molecule has 0 bridgehead atoms. The van der Waals surface area contributed by atoms with E-state index in [0.29, 0.717) is 47.1 Å². The number of fused-ring (bicyclic) bond motifs is 1. The average Bonchev–Trinajstić information content (AvgIpc) is 2.76. The predicted octanol–water partition coefficient (Wildman–Crippen LogP) is 3.40. The highest BCUT2D eigenvalue weighted by molar-refractivity contribution is 6.31. The fourth-order valence-electron chi connectivity index (χ4n) is 4.21. The molecule has 4 rings (SSSR count). The summed E-state index contributed by atoms with van der Waals surface area (Å²) < 4.78 is 15.5. The van der Waals surface area contributed by atoms with E-state index in [9.17, 15) is 14.4 Å². The molecule has 32 heavy (non-hydrogen) atoms. The molecule has 1 aliphatic heterocycles. The first-order chi connectivity index (χ1) is 15.2. The highest BCUT2D eigenvalue weighted by Gasteiger charge is 2.32. The molecule has 0 N–H and O–H groups in total. The zero-order valence-corrected chi connectivity index (χ0v) is 19.2. The second kappa shape index (κ2) is 8.49. The minimum atomic E-state index is -0.372. The Morgan fingerprint density at radius 1 is 1.22 bits per heavy atom. The molecule has 3 aromatic rings. The van der Waals surface area contributed by atoms with Gasteiger partial charge < -0.3 is 4.90 Å². The lowest BCUT2D eigenvalue weighted by Gasteiger charge is -2.45. The number of hydrogen-bond donors (Lipinski definition) is 0. The standard InChI is InChI=1S/C23H24ClFN6O/c1-13-7-18(24)16(8-19(13)25)12-30-10-15(3)31(11-14(30)2)22-21-20(29(4)23(32)28-22)6-5-17(9-26)27-21/h5-8,14-15H,10-12H2,1-4H3/t14-,15+/m1/s1. The molecule has 1 fully saturated rings. The van der Waals surface area contributed by atoms with Crippen LogP contribution >= 0.6 is 11.6 Å². The minimum Gasteiger partial charge on any atom is -0.349 e. The van der Waals surface area contributed by atoms with Crippen LogP contribution in [0.5, 0.6) is 0 Å². The van der Waals surface area contributed by atoms with Crippen LogP contribution in [0.25, 0.3) is 11.0 Å². The van der Waals surface area contributed by atoms with Gasteiger partial charge in [0.15, 0.2) is 5.82 Å². The van der Waals surface area contributed by atoms with Crippen molar-refractivity contribution in [2.24, 2.45) is 7.05 Å². The summed E-state index contributed by atoms with van der Waals surface area (Å²) in [5, 5.41) is 9.85. The molecule has 3 heterocycles. The summed E-state index contributed by atoms with van der Waals surface area (Å²) in [7, 11) is 1.64. The number of aryl methyl sites for hydroxylation is 2. The molecule has 2 aromatic heterocycles. The maximum atomic E-state index is 14.1. The van der Waals surface area contributed by atoms with Gasteiger partial charge in [-0.1, -0.05) is 11.6 Å². The van der Waals surface area contributed by atoms with Crippen molar-refractivity contribution >= 4 is 28.5 Å². The van der Waals surface area contributed by atoms with Crippen molar-refractivity contribution in [1.29, 1.82) is 5.26 Å². The third kappa shape index (κ3) is 3.94. The van der Waals surface area contributed by atoms with Gasteiger partial charge in [-0.3, -0.25) is 9.47 Å². The number of nitriles is 1. The lowest BCUT2D eigenvalue weighted by molar-refractivity contribution is 0.157. The fraction of sp³-hybridized carbons (Fsp3) is 0.391. The van der Waals surface area contributed by atoms with E-state index in [1.807, 2.05) is 0 Å². The summed E-state index contributed by atoms with van der Waals surface area (Å²) in [6, 6.07) is 8.64. The van der Waals surface area contributed by atoms with E-state index in [1.54, 1.807) is 32.2 Å². The molecule has 2 atom stereocenters. The fourth-order valence-corrected chi connectivity index (χ4v) is 4.49. The molecule has 0 aliphatic carbocycles. The number of benzene rings is 1. The van der Waals surface area contributed by atoms with Crippen molar-refractivity contribution < 1.29 is 4.39 Å². The Morgan fingerprint density at radius 3 is 2.69 bits per heavy atom. The first kappa shape index (κ1) is 22.2. The number of rotatable bonds is 3. The van der Waals surface area contributed by atoms with Crippen LogP contribution in [0.4, 0.5) is 10.2 Å². The van der Waals surface area contributed by atoms with E-state index in [-0.39, 0.29) is 29.3 Å².